The topological polar surface area (TPSA) is 78.5 Å². The van der Waals surface area contributed by atoms with Gasteiger partial charge in [0.1, 0.15) is 6.04 Å². The van der Waals surface area contributed by atoms with Gasteiger partial charge in [0.05, 0.1) is 6.04 Å². The van der Waals surface area contributed by atoms with Crippen molar-refractivity contribution in [3.8, 4) is 0 Å². The number of carbonyl (C=O) groups excluding carboxylic acids is 3. The highest BCUT2D eigenvalue weighted by molar-refractivity contribution is 5.87. The molecule has 0 unspecified atom stereocenters. The smallest absolute Gasteiger partial charge is 0.244 e. The first-order valence-corrected chi connectivity index (χ1v) is 5.22. The summed E-state index contributed by atoms with van der Waals surface area (Å²) in [5, 5.41) is 5.19. The minimum atomic E-state index is -0.557. The van der Waals surface area contributed by atoms with E-state index in [2.05, 4.69) is 10.6 Å². The Kier molecular flexibility index (Phi) is 3.87. The van der Waals surface area contributed by atoms with Gasteiger partial charge in [-0.25, -0.2) is 0 Å². The summed E-state index contributed by atoms with van der Waals surface area (Å²) in [7, 11) is 1.64. The van der Waals surface area contributed by atoms with E-state index in [0.29, 0.717) is 13.0 Å². The highest BCUT2D eigenvalue weighted by Gasteiger charge is 2.30. The number of nitrogens with one attached hydrogen (secondary N) is 2. The van der Waals surface area contributed by atoms with Crippen LogP contribution in [0.2, 0.25) is 0 Å². The van der Waals surface area contributed by atoms with Crippen molar-refractivity contribution in [1.29, 1.82) is 0 Å². The van der Waals surface area contributed by atoms with Gasteiger partial charge in [0.15, 0.2) is 0 Å². The van der Waals surface area contributed by atoms with E-state index >= 15 is 0 Å². The second-order valence-corrected chi connectivity index (χ2v) is 4.03. The molecule has 1 fully saturated rings. The van der Waals surface area contributed by atoms with Crippen LogP contribution in [0.15, 0.2) is 0 Å². The van der Waals surface area contributed by atoms with Crippen molar-refractivity contribution in [3.63, 3.8) is 0 Å². The third-order valence-corrected chi connectivity index (χ3v) is 2.64. The van der Waals surface area contributed by atoms with Crippen LogP contribution in [0.3, 0.4) is 0 Å². The maximum absolute atomic E-state index is 11.8. The molecule has 0 saturated carbocycles. The van der Waals surface area contributed by atoms with Crippen LogP contribution in [0.1, 0.15) is 20.3 Å². The van der Waals surface area contributed by atoms with Gasteiger partial charge in [-0.1, -0.05) is 0 Å². The van der Waals surface area contributed by atoms with Crippen LogP contribution in [0.5, 0.6) is 0 Å². The standard InChI is InChI=1S/C10H17N3O3/c1-6(12-7(2)14)10(16)13(3)8-4-9(15)11-5-8/h6,8H,4-5H2,1-3H3,(H,11,15)(H,12,14)/t6-,8-/m0/s1. The molecule has 90 valence electrons. The van der Waals surface area contributed by atoms with Crippen LogP contribution >= 0.6 is 0 Å². The molecule has 0 spiro atoms. The third-order valence-electron chi connectivity index (χ3n) is 2.64. The first-order chi connectivity index (χ1) is 7.41. The summed E-state index contributed by atoms with van der Waals surface area (Å²) in [6.07, 6.45) is 0.328. The molecule has 0 aromatic heterocycles. The van der Waals surface area contributed by atoms with E-state index in [4.69, 9.17) is 0 Å². The van der Waals surface area contributed by atoms with Crippen molar-refractivity contribution >= 4 is 17.7 Å². The van der Waals surface area contributed by atoms with Crippen LogP contribution < -0.4 is 10.6 Å². The van der Waals surface area contributed by atoms with Crippen molar-refractivity contribution in [1.82, 2.24) is 15.5 Å². The SMILES string of the molecule is CC(=O)N[C@@H](C)C(=O)N(C)[C@@H]1CNC(=O)C1. The number of carbonyl (C=O) groups is 3. The van der Waals surface area contributed by atoms with E-state index in [-0.39, 0.29) is 23.8 Å². The lowest BCUT2D eigenvalue weighted by Gasteiger charge is -2.26. The molecule has 0 aromatic carbocycles. The molecular formula is C10H17N3O3. The Balaban J connectivity index is 2.53. The zero-order valence-electron chi connectivity index (χ0n) is 9.74. The molecule has 1 aliphatic rings. The Labute approximate surface area is 94.4 Å². The van der Waals surface area contributed by atoms with Crippen LogP contribution in [0.25, 0.3) is 0 Å². The highest BCUT2D eigenvalue weighted by Crippen LogP contribution is 2.08. The van der Waals surface area contributed by atoms with Crippen LogP contribution in [-0.2, 0) is 14.4 Å². The van der Waals surface area contributed by atoms with Gasteiger partial charge in [-0.05, 0) is 6.92 Å². The molecule has 0 aromatic rings. The number of hydrogen-bond donors (Lipinski definition) is 2. The van der Waals surface area contributed by atoms with E-state index in [0.717, 1.165) is 0 Å². The van der Waals surface area contributed by atoms with Crippen molar-refractivity contribution in [2.24, 2.45) is 0 Å². The second kappa shape index (κ2) is 4.96. The molecule has 1 heterocycles. The molecule has 6 heteroatoms. The normalized spacial score (nSPS) is 21.2. The molecule has 1 saturated heterocycles. The summed E-state index contributed by atoms with van der Waals surface area (Å²) in [5.74, 6) is -0.469. The lowest BCUT2D eigenvalue weighted by atomic mass is 10.2. The first kappa shape index (κ1) is 12.5. The maximum atomic E-state index is 11.8. The summed E-state index contributed by atoms with van der Waals surface area (Å²) in [6.45, 7) is 3.47. The fourth-order valence-corrected chi connectivity index (χ4v) is 1.72. The van der Waals surface area contributed by atoms with Gasteiger partial charge in [0, 0.05) is 26.9 Å². The van der Waals surface area contributed by atoms with Gasteiger partial charge in [-0.3, -0.25) is 14.4 Å². The van der Waals surface area contributed by atoms with Gasteiger partial charge in [0.25, 0.3) is 0 Å². The average Bonchev–Trinajstić information content (AvgIpc) is 2.61. The third kappa shape index (κ3) is 2.95. The summed E-state index contributed by atoms with van der Waals surface area (Å²) < 4.78 is 0. The summed E-state index contributed by atoms with van der Waals surface area (Å²) in [4.78, 5) is 35.2. The molecule has 2 atom stereocenters. The van der Waals surface area contributed by atoms with Gasteiger partial charge in [0.2, 0.25) is 17.7 Å². The van der Waals surface area contributed by atoms with Crippen LogP contribution in [0.4, 0.5) is 0 Å². The Morgan fingerprint density at radius 1 is 1.56 bits per heavy atom. The molecule has 0 bridgehead atoms. The fraction of sp³-hybridized carbons (Fsp3) is 0.700. The molecule has 1 aliphatic heterocycles. The van der Waals surface area contributed by atoms with E-state index in [9.17, 15) is 14.4 Å². The zero-order valence-corrected chi connectivity index (χ0v) is 9.74. The predicted molar refractivity (Wildman–Crippen MR) is 57.5 cm³/mol. The Bertz CT molecular complexity index is 316. The zero-order chi connectivity index (χ0) is 12.3. The Morgan fingerprint density at radius 2 is 2.19 bits per heavy atom. The minimum Gasteiger partial charge on any atom is -0.354 e. The number of hydrogen-bond acceptors (Lipinski definition) is 3. The quantitative estimate of drug-likeness (QED) is 0.639. The largest absolute Gasteiger partial charge is 0.354 e. The predicted octanol–water partition coefficient (Wildman–Crippen LogP) is -1.14. The van der Waals surface area contributed by atoms with Crippen molar-refractivity contribution < 1.29 is 14.4 Å². The second-order valence-electron chi connectivity index (χ2n) is 4.03. The van der Waals surface area contributed by atoms with Gasteiger partial charge in [-0.2, -0.15) is 0 Å². The Morgan fingerprint density at radius 3 is 2.62 bits per heavy atom. The molecule has 16 heavy (non-hydrogen) atoms. The first-order valence-electron chi connectivity index (χ1n) is 5.22. The fourth-order valence-electron chi connectivity index (χ4n) is 1.72. The number of nitrogens with zero attached hydrogens (tertiary/aromatic N) is 1. The van der Waals surface area contributed by atoms with E-state index in [1.807, 2.05) is 0 Å². The van der Waals surface area contributed by atoms with Crippen molar-refractivity contribution in [2.75, 3.05) is 13.6 Å². The van der Waals surface area contributed by atoms with E-state index in [1.165, 1.54) is 11.8 Å². The summed E-state index contributed by atoms with van der Waals surface area (Å²) >= 11 is 0. The molecule has 0 radical (unpaired) electrons. The molecule has 3 amide bonds. The number of amides is 3. The minimum absolute atomic E-state index is 0.0446. The van der Waals surface area contributed by atoms with Gasteiger partial charge in [-0.15, -0.1) is 0 Å². The summed E-state index contributed by atoms with van der Waals surface area (Å²) in [5.41, 5.74) is 0. The van der Waals surface area contributed by atoms with E-state index in [1.54, 1.807) is 14.0 Å². The lowest BCUT2D eigenvalue weighted by molar-refractivity contribution is -0.136. The van der Waals surface area contributed by atoms with Crippen molar-refractivity contribution in [3.05, 3.63) is 0 Å². The number of likely N-dealkylation sites (N-methyl/N-ethyl adjacent to an activating group) is 1. The molecule has 6 nitrogen and oxygen atoms in total. The maximum Gasteiger partial charge on any atom is 0.244 e. The molecule has 1 rings (SSSR count). The van der Waals surface area contributed by atoms with Crippen LogP contribution in [0, 0.1) is 0 Å². The number of rotatable bonds is 3. The monoisotopic (exact) mass is 227 g/mol. The van der Waals surface area contributed by atoms with Crippen LogP contribution in [-0.4, -0.2) is 48.3 Å². The van der Waals surface area contributed by atoms with Gasteiger partial charge >= 0.3 is 0 Å². The molecule has 0 aliphatic carbocycles. The lowest BCUT2D eigenvalue weighted by Crippen LogP contribution is -2.49. The molecular weight excluding hydrogens is 210 g/mol. The van der Waals surface area contributed by atoms with E-state index < -0.39 is 6.04 Å². The highest BCUT2D eigenvalue weighted by atomic mass is 16.2. The Hall–Kier alpha value is -1.59. The van der Waals surface area contributed by atoms with Gasteiger partial charge < -0.3 is 15.5 Å². The summed E-state index contributed by atoms with van der Waals surface area (Å²) in [6, 6.07) is -0.672. The molecule has 2 N–H and O–H groups in total. The average molecular weight is 227 g/mol. The van der Waals surface area contributed by atoms with Crippen molar-refractivity contribution in [2.45, 2.75) is 32.4 Å².